The van der Waals surface area contributed by atoms with Gasteiger partial charge >= 0.3 is 5.97 Å². The van der Waals surface area contributed by atoms with E-state index < -0.39 is 0 Å². The summed E-state index contributed by atoms with van der Waals surface area (Å²) in [5.41, 5.74) is 2.09. The van der Waals surface area contributed by atoms with E-state index in [0.717, 1.165) is 11.1 Å². The number of esters is 1. The van der Waals surface area contributed by atoms with Crippen LogP contribution in [0.4, 0.5) is 0 Å². The number of carbonyl (C=O) groups is 1. The molecule has 5 nitrogen and oxygen atoms in total. The second-order valence-electron chi connectivity index (χ2n) is 5.31. The Bertz CT molecular complexity index is 658. The molecule has 2 aromatic rings. The van der Waals surface area contributed by atoms with Crippen molar-refractivity contribution in [2.45, 2.75) is 19.0 Å². The minimum atomic E-state index is -0.268. The fraction of sp³-hybridized carbons (Fsp3) is 0.316. The largest absolute Gasteiger partial charge is 0.493 e. The van der Waals surface area contributed by atoms with Crippen molar-refractivity contribution in [3.8, 4) is 11.5 Å². The number of nitrogens with one attached hydrogen (secondary N) is 1. The van der Waals surface area contributed by atoms with E-state index >= 15 is 0 Å². The maximum atomic E-state index is 11.8. The number of hydrogen-bond acceptors (Lipinski definition) is 5. The molecule has 0 aliphatic carbocycles. The van der Waals surface area contributed by atoms with E-state index in [2.05, 4.69) is 5.32 Å². The highest BCUT2D eigenvalue weighted by Gasteiger charge is 2.18. The first-order chi connectivity index (χ1) is 11.7. The maximum absolute atomic E-state index is 11.8. The third-order valence-corrected chi connectivity index (χ3v) is 3.80. The Labute approximate surface area is 142 Å². The molecular formula is C19H23NO4. The predicted molar refractivity (Wildman–Crippen MR) is 92.2 cm³/mol. The molecule has 0 saturated heterocycles. The first-order valence-corrected chi connectivity index (χ1v) is 7.74. The Morgan fingerprint density at radius 2 is 1.71 bits per heavy atom. The molecule has 0 spiro atoms. The topological polar surface area (TPSA) is 56.8 Å². The Morgan fingerprint density at radius 3 is 2.33 bits per heavy atom. The van der Waals surface area contributed by atoms with Crippen LogP contribution in [-0.4, -0.2) is 27.3 Å². The molecule has 0 aliphatic heterocycles. The van der Waals surface area contributed by atoms with E-state index in [1.54, 1.807) is 14.2 Å². The molecule has 0 radical (unpaired) electrons. The number of carbonyl (C=O) groups excluding carboxylic acids is 1. The van der Waals surface area contributed by atoms with Gasteiger partial charge in [0.25, 0.3) is 0 Å². The van der Waals surface area contributed by atoms with Gasteiger partial charge in [-0.25, -0.2) is 0 Å². The molecule has 0 amide bonds. The number of hydrogen-bond donors (Lipinski definition) is 1. The van der Waals surface area contributed by atoms with Crippen LogP contribution in [0, 0.1) is 0 Å². The Balaban J connectivity index is 2.20. The van der Waals surface area contributed by atoms with Crippen molar-refractivity contribution in [2.24, 2.45) is 0 Å². The number of methoxy groups -OCH3 is 3. The lowest BCUT2D eigenvalue weighted by Crippen LogP contribution is -2.24. The van der Waals surface area contributed by atoms with Gasteiger partial charge in [-0.3, -0.25) is 4.79 Å². The average Bonchev–Trinajstić information content (AvgIpc) is 2.65. The minimum absolute atomic E-state index is 0.183. The summed E-state index contributed by atoms with van der Waals surface area (Å²) < 4.78 is 15.4. The van der Waals surface area contributed by atoms with Gasteiger partial charge in [-0.15, -0.1) is 0 Å². The molecule has 2 aromatic carbocycles. The van der Waals surface area contributed by atoms with Gasteiger partial charge in [0, 0.05) is 12.6 Å². The first kappa shape index (κ1) is 17.8. The minimum Gasteiger partial charge on any atom is -0.493 e. The smallest absolute Gasteiger partial charge is 0.307 e. The number of benzene rings is 2. The van der Waals surface area contributed by atoms with E-state index in [-0.39, 0.29) is 18.4 Å². The first-order valence-electron chi connectivity index (χ1n) is 7.74. The zero-order valence-corrected chi connectivity index (χ0v) is 14.2. The molecule has 1 unspecified atom stereocenters. The molecule has 24 heavy (non-hydrogen) atoms. The Morgan fingerprint density at radius 1 is 1.00 bits per heavy atom. The van der Waals surface area contributed by atoms with Crippen molar-refractivity contribution in [3.63, 3.8) is 0 Å². The van der Waals surface area contributed by atoms with Crippen molar-refractivity contribution in [1.29, 1.82) is 0 Å². The van der Waals surface area contributed by atoms with Crippen molar-refractivity contribution in [1.82, 2.24) is 5.32 Å². The summed E-state index contributed by atoms with van der Waals surface area (Å²) >= 11 is 0. The van der Waals surface area contributed by atoms with Gasteiger partial charge in [-0.05, 0) is 23.3 Å². The summed E-state index contributed by atoms with van der Waals surface area (Å²) in [6.45, 7) is 0.650. The highest BCUT2D eigenvalue weighted by atomic mass is 16.5. The fourth-order valence-electron chi connectivity index (χ4n) is 2.46. The van der Waals surface area contributed by atoms with Crippen molar-refractivity contribution < 1.29 is 19.0 Å². The lowest BCUT2D eigenvalue weighted by atomic mass is 10.0. The van der Waals surface area contributed by atoms with Gasteiger partial charge in [-0.2, -0.15) is 0 Å². The molecular weight excluding hydrogens is 306 g/mol. The normalized spacial score (nSPS) is 11.6. The van der Waals surface area contributed by atoms with Gasteiger partial charge in [0.05, 0.1) is 27.8 Å². The maximum Gasteiger partial charge on any atom is 0.307 e. The molecule has 1 atom stereocenters. The lowest BCUT2D eigenvalue weighted by molar-refractivity contribution is -0.141. The summed E-state index contributed by atoms with van der Waals surface area (Å²) in [6.07, 6.45) is 0.235. The molecule has 0 aromatic heterocycles. The zero-order valence-electron chi connectivity index (χ0n) is 14.2. The summed E-state index contributed by atoms with van der Waals surface area (Å²) in [4.78, 5) is 11.8. The van der Waals surface area contributed by atoms with Gasteiger partial charge in [-0.1, -0.05) is 36.4 Å². The quantitative estimate of drug-likeness (QED) is 0.754. The molecule has 2 rings (SSSR count). The van der Waals surface area contributed by atoms with Crippen molar-refractivity contribution in [2.75, 3.05) is 21.3 Å². The summed E-state index contributed by atoms with van der Waals surface area (Å²) in [6, 6.07) is 15.5. The fourth-order valence-corrected chi connectivity index (χ4v) is 2.46. The summed E-state index contributed by atoms with van der Waals surface area (Å²) in [7, 11) is 4.58. The van der Waals surface area contributed by atoms with Crippen LogP contribution in [0.5, 0.6) is 11.5 Å². The molecule has 0 saturated carbocycles. The van der Waals surface area contributed by atoms with Gasteiger partial charge in [0.2, 0.25) is 0 Å². The van der Waals surface area contributed by atoms with Crippen LogP contribution in [-0.2, 0) is 16.1 Å². The average molecular weight is 329 g/mol. The van der Waals surface area contributed by atoms with Crippen LogP contribution in [0.3, 0.4) is 0 Å². The van der Waals surface area contributed by atoms with Crippen LogP contribution in [0.2, 0.25) is 0 Å². The summed E-state index contributed by atoms with van der Waals surface area (Å²) in [5.74, 6) is 1.02. The molecule has 0 aliphatic rings. The molecule has 1 N–H and O–H groups in total. The van der Waals surface area contributed by atoms with E-state index in [4.69, 9.17) is 14.2 Å². The van der Waals surface area contributed by atoms with Gasteiger partial charge in [0.15, 0.2) is 11.5 Å². The van der Waals surface area contributed by atoms with E-state index in [1.807, 2.05) is 48.5 Å². The van der Waals surface area contributed by atoms with Crippen LogP contribution < -0.4 is 14.8 Å². The molecule has 0 heterocycles. The highest BCUT2D eigenvalue weighted by molar-refractivity contribution is 5.70. The van der Waals surface area contributed by atoms with Crippen LogP contribution in [0.25, 0.3) is 0 Å². The predicted octanol–water partition coefficient (Wildman–Crippen LogP) is 3.10. The molecule has 5 heteroatoms. The SMILES string of the molecule is COC(=O)CC(NCc1ccccc1)c1ccc(OC)c(OC)c1. The second-order valence-corrected chi connectivity index (χ2v) is 5.31. The monoisotopic (exact) mass is 329 g/mol. The van der Waals surface area contributed by atoms with E-state index in [0.29, 0.717) is 18.0 Å². The number of rotatable bonds is 8. The van der Waals surface area contributed by atoms with Crippen LogP contribution in [0.15, 0.2) is 48.5 Å². The van der Waals surface area contributed by atoms with Gasteiger partial charge in [0.1, 0.15) is 0 Å². The Hall–Kier alpha value is -2.53. The molecule has 128 valence electrons. The summed E-state index contributed by atoms with van der Waals surface area (Å²) in [5, 5.41) is 3.41. The Kier molecular flexibility index (Phi) is 6.63. The number of ether oxygens (including phenoxy) is 3. The van der Waals surface area contributed by atoms with Gasteiger partial charge < -0.3 is 19.5 Å². The molecule has 0 fully saturated rings. The van der Waals surface area contributed by atoms with Crippen molar-refractivity contribution >= 4 is 5.97 Å². The standard InChI is InChI=1S/C19H23NO4/c1-22-17-10-9-15(11-18(17)23-2)16(12-19(21)24-3)20-13-14-7-5-4-6-8-14/h4-11,16,20H,12-13H2,1-3H3. The van der Waals surface area contributed by atoms with Crippen LogP contribution >= 0.6 is 0 Å². The highest BCUT2D eigenvalue weighted by Crippen LogP contribution is 2.31. The van der Waals surface area contributed by atoms with E-state index in [9.17, 15) is 4.79 Å². The third-order valence-electron chi connectivity index (χ3n) is 3.80. The van der Waals surface area contributed by atoms with Crippen LogP contribution in [0.1, 0.15) is 23.6 Å². The van der Waals surface area contributed by atoms with E-state index in [1.165, 1.54) is 7.11 Å². The second kappa shape index (κ2) is 8.93. The third kappa shape index (κ3) is 4.73. The van der Waals surface area contributed by atoms with Crippen molar-refractivity contribution in [3.05, 3.63) is 59.7 Å². The molecule has 0 bridgehead atoms. The zero-order chi connectivity index (χ0) is 17.4. The lowest BCUT2D eigenvalue weighted by Gasteiger charge is -2.20.